The van der Waals surface area contributed by atoms with Gasteiger partial charge in [-0.25, -0.2) is 4.39 Å². The van der Waals surface area contributed by atoms with Gasteiger partial charge in [0.05, 0.1) is 6.10 Å². The summed E-state index contributed by atoms with van der Waals surface area (Å²) in [5.41, 5.74) is -1.39. The van der Waals surface area contributed by atoms with Crippen molar-refractivity contribution >= 4 is 11.6 Å². The Hall–Kier alpha value is -0.600. The lowest BCUT2D eigenvalue weighted by atomic mass is 9.46. The summed E-state index contributed by atoms with van der Waals surface area (Å²) in [6.07, 6.45) is 3.05. The third kappa shape index (κ3) is 2.18. The summed E-state index contributed by atoms with van der Waals surface area (Å²) in [4.78, 5) is 0. The largest absolute Gasteiger partial charge is 0.389 e. The van der Waals surface area contributed by atoms with Gasteiger partial charge in [-0.05, 0) is 91.2 Å². The van der Waals surface area contributed by atoms with Crippen molar-refractivity contribution < 1.29 is 19.7 Å². The molecular weight excluding hydrogens is 355 g/mol. The zero-order valence-electron chi connectivity index (χ0n) is 15.4. The minimum absolute atomic E-state index is 0.145. The Morgan fingerprint density at radius 2 is 1.85 bits per heavy atom. The number of rotatable bonds is 0. The maximum atomic E-state index is 14.7. The van der Waals surface area contributed by atoms with Crippen LogP contribution in [0.15, 0.2) is 11.4 Å². The van der Waals surface area contributed by atoms with Crippen LogP contribution in [0, 0.1) is 39.9 Å². The molecule has 0 aromatic rings. The molecule has 3 fully saturated rings. The first-order valence-corrected chi connectivity index (χ1v) is 10.2. The molecule has 0 unspecified atom stereocenters. The van der Waals surface area contributed by atoms with Crippen LogP contribution >= 0.6 is 11.6 Å². The van der Waals surface area contributed by atoms with Crippen LogP contribution in [0.25, 0.3) is 0 Å². The first-order valence-electron chi connectivity index (χ1n) is 9.79. The summed E-state index contributed by atoms with van der Waals surface area (Å²) in [6.45, 7) is 4.19. The molecule has 0 heterocycles. The average Bonchev–Trinajstić information content (AvgIpc) is 2.79. The number of halogens is 2. The molecular formula is C21H28ClFO3. The molecule has 0 aliphatic heterocycles. The maximum Gasteiger partial charge on any atom is 0.157 e. The van der Waals surface area contributed by atoms with E-state index in [0.29, 0.717) is 31.1 Å². The van der Waals surface area contributed by atoms with Gasteiger partial charge in [-0.15, -0.1) is 0 Å². The molecule has 0 radical (unpaired) electrons. The highest BCUT2D eigenvalue weighted by molar-refractivity contribution is 6.30. The number of hydrogen-bond acceptors (Lipinski definition) is 3. The van der Waals surface area contributed by atoms with E-state index in [9.17, 15) is 19.7 Å². The van der Waals surface area contributed by atoms with E-state index < -0.39 is 23.2 Å². The molecule has 8 atom stereocenters. The monoisotopic (exact) mass is 382 g/mol. The summed E-state index contributed by atoms with van der Waals surface area (Å²) >= 11 is 5.61. The topological polar surface area (TPSA) is 60.7 Å². The van der Waals surface area contributed by atoms with Crippen molar-refractivity contribution in [2.45, 2.75) is 76.6 Å². The molecule has 5 heteroatoms. The third-order valence-electron chi connectivity index (χ3n) is 8.65. The Morgan fingerprint density at radius 1 is 1.12 bits per heavy atom. The first-order chi connectivity index (χ1) is 12.2. The van der Waals surface area contributed by atoms with E-state index in [1.165, 1.54) is 0 Å². The summed E-state index contributed by atoms with van der Waals surface area (Å²) in [5.74, 6) is 3.19. The van der Waals surface area contributed by atoms with Gasteiger partial charge in [-0.1, -0.05) is 13.8 Å². The number of fused-ring (bicyclic) bond motifs is 5. The van der Waals surface area contributed by atoms with Gasteiger partial charge in [0.15, 0.2) is 5.60 Å². The van der Waals surface area contributed by atoms with Crippen LogP contribution in [0.2, 0.25) is 0 Å². The normalized spacial score (nSPS) is 53.3. The van der Waals surface area contributed by atoms with Gasteiger partial charge in [0.2, 0.25) is 0 Å². The molecule has 0 aromatic heterocycles. The molecule has 144 valence electrons. The van der Waals surface area contributed by atoms with E-state index in [1.807, 2.05) is 6.92 Å². The SMILES string of the molecule is C[C@]12CC[C@H](O)C(F)=C1CC[C@@H]1[C@@H]2CC[C@@]2(C)[C@H]1C[C@@H](O)[C@@]2(O)C#CCl. The van der Waals surface area contributed by atoms with Crippen molar-refractivity contribution in [3.63, 3.8) is 0 Å². The summed E-state index contributed by atoms with van der Waals surface area (Å²) < 4.78 is 14.7. The number of aliphatic hydroxyl groups is 3. The minimum Gasteiger partial charge on any atom is -0.389 e. The zero-order chi connectivity index (χ0) is 18.9. The number of aliphatic hydroxyl groups excluding tert-OH is 2. The molecule has 0 saturated heterocycles. The van der Waals surface area contributed by atoms with Crippen molar-refractivity contribution in [3.8, 4) is 11.3 Å². The van der Waals surface area contributed by atoms with Crippen LogP contribution in [-0.2, 0) is 0 Å². The van der Waals surface area contributed by atoms with Gasteiger partial charge in [0.1, 0.15) is 11.9 Å². The van der Waals surface area contributed by atoms with Crippen molar-refractivity contribution in [1.82, 2.24) is 0 Å². The maximum absolute atomic E-state index is 14.7. The highest BCUT2D eigenvalue weighted by Gasteiger charge is 2.67. The van der Waals surface area contributed by atoms with Gasteiger partial charge in [-0.2, -0.15) is 0 Å². The van der Waals surface area contributed by atoms with Crippen LogP contribution in [0.4, 0.5) is 4.39 Å². The molecule has 0 bridgehead atoms. The Morgan fingerprint density at radius 3 is 2.54 bits per heavy atom. The van der Waals surface area contributed by atoms with E-state index >= 15 is 0 Å². The first kappa shape index (κ1) is 18.7. The fourth-order valence-electron chi connectivity index (χ4n) is 7.11. The van der Waals surface area contributed by atoms with E-state index in [2.05, 4.69) is 18.2 Å². The Balaban J connectivity index is 1.73. The lowest BCUT2D eigenvalue weighted by Crippen LogP contribution is -2.56. The minimum atomic E-state index is -1.48. The lowest BCUT2D eigenvalue weighted by Gasteiger charge is -2.58. The van der Waals surface area contributed by atoms with E-state index in [-0.39, 0.29) is 17.2 Å². The van der Waals surface area contributed by atoms with Crippen LogP contribution in [0.1, 0.15) is 58.8 Å². The standard InChI is InChI=1S/C21H28ClFO3/c1-19-7-6-16(24)18(23)14(19)4-3-12-13(19)5-8-20(2)15(12)11-17(25)21(20,26)9-10-22/h12-13,15-17,24-26H,3-8,11H2,1-2H3/t12-,13+,15+,16+,17-,19-,20+,21+/m1/s1. The molecule has 3 N–H and O–H groups in total. The Bertz CT molecular complexity index is 712. The molecule has 4 aliphatic carbocycles. The highest BCUT2D eigenvalue weighted by Crippen LogP contribution is 2.68. The summed E-state index contributed by atoms with van der Waals surface area (Å²) in [6, 6.07) is 0. The molecule has 0 aromatic carbocycles. The van der Waals surface area contributed by atoms with Gasteiger partial charge in [0, 0.05) is 10.8 Å². The van der Waals surface area contributed by atoms with Gasteiger partial charge in [0.25, 0.3) is 0 Å². The fraction of sp³-hybridized carbons (Fsp3) is 0.810. The molecule has 0 amide bonds. The summed E-state index contributed by atoms with van der Waals surface area (Å²) in [7, 11) is 0. The van der Waals surface area contributed by atoms with Crippen LogP contribution < -0.4 is 0 Å². The zero-order valence-corrected chi connectivity index (χ0v) is 16.2. The highest BCUT2D eigenvalue weighted by atomic mass is 35.5. The second-order valence-electron chi connectivity index (χ2n) is 9.41. The fourth-order valence-corrected chi connectivity index (χ4v) is 7.26. The Labute approximate surface area is 159 Å². The smallest absolute Gasteiger partial charge is 0.157 e. The third-order valence-corrected chi connectivity index (χ3v) is 8.74. The number of allylic oxidation sites excluding steroid dienone is 1. The second kappa shape index (κ2) is 5.95. The summed E-state index contributed by atoms with van der Waals surface area (Å²) in [5, 5.41) is 34.0. The van der Waals surface area contributed by atoms with E-state index in [1.54, 1.807) is 0 Å². The molecule has 0 spiro atoms. The quantitative estimate of drug-likeness (QED) is 0.562. The van der Waals surface area contributed by atoms with Crippen molar-refractivity contribution in [2.75, 3.05) is 0 Å². The average molecular weight is 383 g/mol. The van der Waals surface area contributed by atoms with Gasteiger partial charge in [-0.3, -0.25) is 0 Å². The number of hydrogen-bond donors (Lipinski definition) is 3. The van der Waals surface area contributed by atoms with Crippen LogP contribution in [0.5, 0.6) is 0 Å². The van der Waals surface area contributed by atoms with Crippen molar-refractivity contribution in [2.24, 2.45) is 28.6 Å². The Kier molecular flexibility index (Phi) is 4.29. The molecule has 3 saturated carbocycles. The molecule has 4 rings (SSSR count). The van der Waals surface area contributed by atoms with Gasteiger partial charge >= 0.3 is 0 Å². The van der Waals surface area contributed by atoms with E-state index in [0.717, 1.165) is 31.3 Å². The van der Waals surface area contributed by atoms with Gasteiger partial charge < -0.3 is 15.3 Å². The molecule has 4 aliphatic rings. The molecule has 3 nitrogen and oxygen atoms in total. The predicted molar refractivity (Wildman–Crippen MR) is 97.7 cm³/mol. The lowest BCUT2D eigenvalue weighted by molar-refractivity contribution is -0.122. The van der Waals surface area contributed by atoms with Crippen LogP contribution in [0.3, 0.4) is 0 Å². The van der Waals surface area contributed by atoms with E-state index in [4.69, 9.17) is 11.6 Å². The molecule has 26 heavy (non-hydrogen) atoms. The van der Waals surface area contributed by atoms with Crippen LogP contribution in [-0.4, -0.2) is 33.1 Å². The predicted octanol–water partition coefficient (Wildman–Crippen LogP) is 3.51. The van der Waals surface area contributed by atoms with Crippen molar-refractivity contribution in [3.05, 3.63) is 11.4 Å². The second-order valence-corrected chi connectivity index (χ2v) is 9.60. The van der Waals surface area contributed by atoms with Crippen molar-refractivity contribution in [1.29, 1.82) is 0 Å².